The third-order valence-electron chi connectivity index (χ3n) is 3.50. The van der Waals surface area contributed by atoms with Crippen LogP contribution in [0.25, 0.3) is 0 Å². The zero-order valence-corrected chi connectivity index (χ0v) is 12.2. The van der Waals surface area contributed by atoms with Crippen molar-refractivity contribution in [3.05, 3.63) is 0 Å². The first-order chi connectivity index (χ1) is 8.61. The SMILES string of the molecule is CCN1CCCC(NCCC(=O)NC(C)C)CC1. The molecule has 4 heteroatoms. The van der Waals surface area contributed by atoms with Gasteiger partial charge in [0.1, 0.15) is 0 Å². The molecule has 1 atom stereocenters. The molecule has 0 aromatic rings. The molecule has 0 aliphatic carbocycles. The van der Waals surface area contributed by atoms with Crippen LogP contribution in [0.5, 0.6) is 0 Å². The summed E-state index contributed by atoms with van der Waals surface area (Å²) in [6, 6.07) is 0.835. The van der Waals surface area contributed by atoms with Gasteiger partial charge in [-0.3, -0.25) is 4.79 Å². The minimum Gasteiger partial charge on any atom is -0.354 e. The number of hydrogen-bond acceptors (Lipinski definition) is 3. The molecule has 0 bridgehead atoms. The lowest BCUT2D eigenvalue weighted by molar-refractivity contribution is -0.121. The molecule has 0 spiro atoms. The number of carbonyl (C=O) groups is 1. The Bertz CT molecular complexity index is 243. The van der Waals surface area contributed by atoms with Crippen molar-refractivity contribution >= 4 is 5.91 Å². The maximum Gasteiger partial charge on any atom is 0.221 e. The van der Waals surface area contributed by atoms with Crippen LogP contribution in [-0.2, 0) is 4.79 Å². The number of hydrogen-bond donors (Lipinski definition) is 2. The molecule has 18 heavy (non-hydrogen) atoms. The molecule has 1 aliphatic heterocycles. The number of rotatable bonds is 6. The second kappa shape index (κ2) is 8.48. The normalized spacial score (nSPS) is 21.9. The van der Waals surface area contributed by atoms with Crippen LogP contribution < -0.4 is 10.6 Å². The summed E-state index contributed by atoms with van der Waals surface area (Å²) in [5, 5.41) is 6.44. The molecular weight excluding hydrogens is 226 g/mol. The molecule has 4 nitrogen and oxygen atoms in total. The monoisotopic (exact) mass is 255 g/mol. The third-order valence-corrected chi connectivity index (χ3v) is 3.50. The summed E-state index contributed by atoms with van der Waals surface area (Å²) in [5.41, 5.74) is 0. The van der Waals surface area contributed by atoms with Gasteiger partial charge >= 0.3 is 0 Å². The highest BCUT2D eigenvalue weighted by Gasteiger charge is 2.15. The van der Waals surface area contributed by atoms with Crippen molar-refractivity contribution in [2.45, 2.75) is 58.5 Å². The van der Waals surface area contributed by atoms with Crippen LogP contribution in [0.15, 0.2) is 0 Å². The molecule has 1 amide bonds. The van der Waals surface area contributed by atoms with E-state index in [2.05, 4.69) is 22.5 Å². The van der Waals surface area contributed by atoms with E-state index >= 15 is 0 Å². The number of carbonyl (C=O) groups excluding carboxylic acids is 1. The lowest BCUT2D eigenvalue weighted by Gasteiger charge is -2.18. The van der Waals surface area contributed by atoms with E-state index < -0.39 is 0 Å². The van der Waals surface area contributed by atoms with Gasteiger partial charge in [-0.15, -0.1) is 0 Å². The average molecular weight is 255 g/mol. The van der Waals surface area contributed by atoms with E-state index in [9.17, 15) is 4.79 Å². The van der Waals surface area contributed by atoms with Crippen molar-refractivity contribution in [1.29, 1.82) is 0 Å². The van der Waals surface area contributed by atoms with Gasteiger partial charge in [0.15, 0.2) is 0 Å². The van der Waals surface area contributed by atoms with Crippen LogP contribution in [0.4, 0.5) is 0 Å². The molecule has 1 aliphatic rings. The van der Waals surface area contributed by atoms with E-state index in [1.165, 1.54) is 32.4 Å². The zero-order chi connectivity index (χ0) is 13.4. The Morgan fingerprint density at radius 3 is 2.78 bits per heavy atom. The first kappa shape index (κ1) is 15.4. The predicted molar refractivity (Wildman–Crippen MR) is 75.7 cm³/mol. The first-order valence-electron chi connectivity index (χ1n) is 7.37. The zero-order valence-electron chi connectivity index (χ0n) is 12.2. The second-order valence-electron chi connectivity index (χ2n) is 5.49. The van der Waals surface area contributed by atoms with Gasteiger partial charge in [0.2, 0.25) is 5.91 Å². The Kier molecular flexibility index (Phi) is 7.28. The van der Waals surface area contributed by atoms with Crippen molar-refractivity contribution in [1.82, 2.24) is 15.5 Å². The Hall–Kier alpha value is -0.610. The largest absolute Gasteiger partial charge is 0.354 e. The standard InChI is InChI=1S/C14H29N3O/c1-4-17-10-5-6-13(8-11-17)15-9-7-14(18)16-12(2)3/h12-13,15H,4-11H2,1-3H3,(H,16,18). The molecular formula is C14H29N3O. The highest BCUT2D eigenvalue weighted by molar-refractivity contribution is 5.76. The van der Waals surface area contributed by atoms with Crippen molar-refractivity contribution in [3.8, 4) is 0 Å². The molecule has 0 saturated carbocycles. The summed E-state index contributed by atoms with van der Waals surface area (Å²) in [6.07, 6.45) is 4.30. The third kappa shape index (κ3) is 6.36. The summed E-state index contributed by atoms with van der Waals surface area (Å²) in [7, 11) is 0. The van der Waals surface area contributed by atoms with Crippen LogP contribution in [0, 0.1) is 0 Å². The van der Waals surface area contributed by atoms with Gasteiger partial charge in [-0.2, -0.15) is 0 Å². The van der Waals surface area contributed by atoms with Gasteiger partial charge in [-0.25, -0.2) is 0 Å². The van der Waals surface area contributed by atoms with E-state index in [0.717, 1.165) is 13.1 Å². The predicted octanol–water partition coefficient (Wildman–Crippen LogP) is 1.37. The summed E-state index contributed by atoms with van der Waals surface area (Å²) in [5.74, 6) is 0.154. The number of amides is 1. The summed E-state index contributed by atoms with van der Waals surface area (Å²) >= 11 is 0. The molecule has 106 valence electrons. The van der Waals surface area contributed by atoms with Crippen LogP contribution in [0.3, 0.4) is 0 Å². The summed E-state index contributed by atoms with van der Waals surface area (Å²) in [4.78, 5) is 14.0. The topological polar surface area (TPSA) is 44.4 Å². The van der Waals surface area contributed by atoms with Crippen molar-refractivity contribution in [2.75, 3.05) is 26.2 Å². The first-order valence-corrected chi connectivity index (χ1v) is 7.37. The Morgan fingerprint density at radius 2 is 2.11 bits per heavy atom. The molecule has 0 aromatic carbocycles. The highest BCUT2D eigenvalue weighted by atomic mass is 16.1. The van der Waals surface area contributed by atoms with Crippen molar-refractivity contribution < 1.29 is 4.79 Å². The van der Waals surface area contributed by atoms with E-state index in [1.807, 2.05) is 13.8 Å². The molecule has 1 fully saturated rings. The average Bonchev–Trinajstić information content (AvgIpc) is 2.53. The van der Waals surface area contributed by atoms with E-state index in [4.69, 9.17) is 0 Å². The fraction of sp³-hybridized carbons (Fsp3) is 0.929. The number of nitrogens with one attached hydrogen (secondary N) is 2. The Labute approximate surface area is 111 Å². The lowest BCUT2D eigenvalue weighted by Crippen LogP contribution is -2.36. The summed E-state index contributed by atoms with van der Waals surface area (Å²) < 4.78 is 0. The molecule has 0 aromatic heterocycles. The van der Waals surface area contributed by atoms with Gasteiger partial charge in [0.05, 0.1) is 0 Å². The Balaban J connectivity index is 2.13. The summed E-state index contributed by atoms with van der Waals surface area (Å²) in [6.45, 7) is 10.6. The minimum absolute atomic E-state index is 0.154. The molecule has 1 rings (SSSR count). The van der Waals surface area contributed by atoms with Crippen LogP contribution >= 0.6 is 0 Å². The van der Waals surface area contributed by atoms with E-state index in [-0.39, 0.29) is 11.9 Å². The lowest BCUT2D eigenvalue weighted by atomic mass is 10.1. The fourth-order valence-electron chi connectivity index (χ4n) is 2.46. The van der Waals surface area contributed by atoms with Gasteiger partial charge in [-0.1, -0.05) is 6.92 Å². The molecule has 2 N–H and O–H groups in total. The molecule has 1 saturated heterocycles. The molecule has 1 unspecified atom stereocenters. The number of nitrogens with zero attached hydrogens (tertiary/aromatic N) is 1. The number of likely N-dealkylation sites (tertiary alicyclic amines) is 1. The fourth-order valence-corrected chi connectivity index (χ4v) is 2.46. The van der Waals surface area contributed by atoms with Crippen molar-refractivity contribution in [2.24, 2.45) is 0 Å². The smallest absolute Gasteiger partial charge is 0.221 e. The van der Waals surface area contributed by atoms with Gasteiger partial charge in [0, 0.05) is 25.0 Å². The maximum atomic E-state index is 11.5. The van der Waals surface area contributed by atoms with E-state index in [1.54, 1.807) is 0 Å². The van der Waals surface area contributed by atoms with Crippen molar-refractivity contribution in [3.63, 3.8) is 0 Å². The van der Waals surface area contributed by atoms with Gasteiger partial charge < -0.3 is 15.5 Å². The van der Waals surface area contributed by atoms with Crippen LogP contribution in [-0.4, -0.2) is 49.1 Å². The highest BCUT2D eigenvalue weighted by Crippen LogP contribution is 2.10. The van der Waals surface area contributed by atoms with Crippen LogP contribution in [0.2, 0.25) is 0 Å². The second-order valence-corrected chi connectivity index (χ2v) is 5.49. The Morgan fingerprint density at radius 1 is 1.33 bits per heavy atom. The molecule has 1 heterocycles. The van der Waals surface area contributed by atoms with Gasteiger partial charge in [-0.05, 0) is 52.7 Å². The van der Waals surface area contributed by atoms with Crippen LogP contribution in [0.1, 0.15) is 46.5 Å². The quantitative estimate of drug-likeness (QED) is 0.753. The molecule has 0 radical (unpaired) electrons. The van der Waals surface area contributed by atoms with Gasteiger partial charge in [0.25, 0.3) is 0 Å². The minimum atomic E-state index is 0.154. The van der Waals surface area contributed by atoms with E-state index in [0.29, 0.717) is 12.5 Å². The maximum absolute atomic E-state index is 11.5.